The zero-order valence-electron chi connectivity index (χ0n) is 33.3. The van der Waals surface area contributed by atoms with Crippen molar-refractivity contribution in [2.45, 2.75) is 145 Å². The number of nitrogens with zero attached hydrogens (tertiary/aromatic N) is 2. The first-order valence-corrected chi connectivity index (χ1v) is 21.4. The quantitative estimate of drug-likeness (QED) is 0.139. The molecule has 16 nitrogen and oxygen atoms in total. The number of ether oxygens (including phenoxy) is 5. The van der Waals surface area contributed by atoms with Crippen LogP contribution in [-0.4, -0.2) is 99.8 Å². The van der Waals surface area contributed by atoms with Crippen LogP contribution in [0.4, 0.5) is 4.39 Å². The number of benzene rings is 1. The van der Waals surface area contributed by atoms with Crippen molar-refractivity contribution in [2.24, 2.45) is 0 Å². The number of amides is 2. The lowest BCUT2D eigenvalue weighted by molar-refractivity contribution is -0.291. The van der Waals surface area contributed by atoms with Gasteiger partial charge in [-0.2, -0.15) is 4.72 Å². The van der Waals surface area contributed by atoms with Gasteiger partial charge in [-0.25, -0.2) is 17.6 Å². The highest BCUT2D eigenvalue weighted by molar-refractivity contribution is 7.89. The van der Waals surface area contributed by atoms with E-state index in [0.717, 1.165) is 74.3 Å². The summed E-state index contributed by atoms with van der Waals surface area (Å²) in [7, 11) is -0.989. The predicted octanol–water partition coefficient (Wildman–Crippen LogP) is 2.87. The molecule has 3 fully saturated rings. The molecule has 5 atom stereocenters. The van der Waals surface area contributed by atoms with E-state index in [2.05, 4.69) is 10.6 Å². The highest BCUT2D eigenvalue weighted by Gasteiger charge is 2.48. The van der Waals surface area contributed by atoms with Crippen molar-refractivity contribution in [3.63, 3.8) is 0 Å². The minimum Gasteiger partial charge on any atom is -0.355 e. The maximum Gasteiger partial charge on any atom is 0.333 e. The Hall–Kier alpha value is -3.52. The maximum absolute atomic E-state index is 13.9. The Bertz CT molecular complexity index is 1880. The molecular formula is C39H58FN5O11S. The molecule has 2 saturated carbocycles. The summed E-state index contributed by atoms with van der Waals surface area (Å²) in [4.78, 5) is 52.1. The van der Waals surface area contributed by atoms with Gasteiger partial charge in [-0.3, -0.25) is 23.5 Å². The van der Waals surface area contributed by atoms with Gasteiger partial charge in [-0.15, -0.1) is 0 Å². The van der Waals surface area contributed by atoms with Gasteiger partial charge in [0.2, 0.25) is 21.8 Å². The third-order valence-electron chi connectivity index (χ3n) is 10.9. The van der Waals surface area contributed by atoms with Crippen molar-refractivity contribution in [2.75, 3.05) is 34.0 Å². The zero-order valence-corrected chi connectivity index (χ0v) is 34.2. The summed E-state index contributed by atoms with van der Waals surface area (Å²) >= 11 is 0. The van der Waals surface area contributed by atoms with E-state index >= 15 is 0 Å². The first-order valence-electron chi connectivity index (χ1n) is 19.9. The number of alkyl halides is 1. The van der Waals surface area contributed by atoms with E-state index in [4.69, 9.17) is 23.7 Å². The normalized spacial score (nSPS) is 22.5. The van der Waals surface area contributed by atoms with E-state index < -0.39 is 82.9 Å². The second kappa shape index (κ2) is 20.4. The summed E-state index contributed by atoms with van der Waals surface area (Å²) in [5, 5.41) is 4.83. The summed E-state index contributed by atoms with van der Waals surface area (Å²) in [6, 6.07) is 4.06. The highest BCUT2D eigenvalue weighted by atomic mass is 32.2. The molecule has 3 aliphatic rings. The minimum atomic E-state index is -4.20. The highest BCUT2D eigenvalue weighted by Crippen LogP contribution is 2.40. The number of carbonyl (C=O) groups excluding carboxylic acids is 2. The topological polar surface area (TPSA) is 195 Å². The van der Waals surface area contributed by atoms with E-state index in [1.54, 1.807) is 40.2 Å². The molecule has 0 bridgehead atoms. The smallest absolute Gasteiger partial charge is 0.333 e. The number of aromatic nitrogens is 2. The van der Waals surface area contributed by atoms with Crippen LogP contribution in [0.1, 0.15) is 94.4 Å². The van der Waals surface area contributed by atoms with Crippen molar-refractivity contribution in [1.29, 1.82) is 0 Å². The lowest BCUT2D eigenvalue weighted by Gasteiger charge is -2.40. The van der Waals surface area contributed by atoms with E-state index in [1.807, 2.05) is 4.72 Å². The predicted molar refractivity (Wildman–Crippen MR) is 207 cm³/mol. The Kier molecular flexibility index (Phi) is 16.0. The Balaban J connectivity index is 1.20. The molecular weight excluding hydrogens is 766 g/mol. The van der Waals surface area contributed by atoms with E-state index in [-0.39, 0.29) is 36.9 Å². The van der Waals surface area contributed by atoms with Crippen LogP contribution >= 0.6 is 0 Å². The second-order valence-electron chi connectivity index (χ2n) is 15.1. The number of methoxy groups -OCH3 is 2. The monoisotopic (exact) mass is 823 g/mol. The van der Waals surface area contributed by atoms with Crippen molar-refractivity contribution in [1.82, 2.24) is 24.5 Å². The fraction of sp³-hybridized carbons (Fsp3) is 0.692. The molecule has 1 aromatic heterocycles. The molecule has 5 rings (SSSR count). The largest absolute Gasteiger partial charge is 0.355 e. The molecule has 318 valence electrons. The average molecular weight is 824 g/mol. The van der Waals surface area contributed by atoms with E-state index in [9.17, 15) is 32.0 Å². The second-order valence-corrected chi connectivity index (χ2v) is 16.9. The fourth-order valence-corrected chi connectivity index (χ4v) is 8.87. The first kappa shape index (κ1) is 44.6. The van der Waals surface area contributed by atoms with Gasteiger partial charge in [0, 0.05) is 58.3 Å². The Morgan fingerprint density at radius 1 is 1.00 bits per heavy atom. The molecule has 1 aliphatic heterocycles. The van der Waals surface area contributed by atoms with Crippen LogP contribution in [0, 0.1) is 13.8 Å². The van der Waals surface area contributed by atoms with Crippen LogP contribution in [0.15, 0.2) is 44.9 Å². The summed E-state index contributed by atoms with van der Waals surface area (Å²) in [5.74, 6) is -2.46. The van der Waals surface area contributed by atoms with Gasteiger partial charge in [0.05, 0.1) is 23.6 Å². The number of hydrogen-bond donors (Lipinski definition) is 3. The molecule has 18 heteroatoms. The van der Waals surface area contributed by atoms with Gasteiger partial charge >= 0.3 is 5.69 Å². The van der Waals surface area contributed by atoms with Crippen LogP contribution in [0.5, 0.6) is 0 Å². The number of sulfonamides is 1. The third kappa shape index (κ3) is 11.6. The van der Waals surface area contributed by atoms with Gasteiger partial charge in [0.15, 0.2) is 12.1 Å². The zero-order chi connectivity index (χ0) is 41.2. The van der Waals surface area contributed by atoms with Crippen LogP contribution < -0.4 is 26.6 Å². The van der Waals surface area contributed by atoms with Gasteiger partial charge in [0.1, 0.15) is 25.0 Å². The van der Waals surface area contributed by atoms with Gasteiger partial charge in [0.25, 0.3) is 5.56 Å². The summed E-state index contributed by atoms with van der Waals surface area (Å²) in [6.07, 6.45) is 8.74. The summed E-state index contributed by atoms with van der Waals surface area (Å²) in [6.45, 7) is 1.49. The first-order chi connectivity index (χ1) is 27.3. The molecule has 2 aromatic rings. The fourth-order valence-electron chi connectivity index (χ4n) is 7.69. The van der Waals surface area contributed by atoms with Crippen LogP contribution in [0.2, 0.25) is 0 Å². The molecule has 1 aromatic carbocycles. The van der Waals surface area contributed by atoms with Crippen molar-refractivity contribution < 1.29 is 46.1 Å². The number of rotatable bonds is 19. The minimum absolute atomic E-state index is 0.0129. The molecule has 2 heterocycles. The number of carbonyl (C=O) groups is 2. The van der Waals surface area contributed by atoms with Gasteiger partial charge in [-0.05, 0) is 58.1 Å². The number of halogens is 1. The van der Waals surface area contributed by atoms with E-state index in [1.165, 1.54) is 22.9 Å². The Morgan fingerprint density at radius 2 is 1.68 bits per heavy atom. The SMILES string of the molecule is COC(OC1CCCCC1)[C@@H]1O[C@@H](n2cc(C)c(=O)n(CCCNC(=O)CNC(=O)C(CF)NS(=O)(=O)c3ccc(C)cc3)c2=O)C[C@@H]1OC1(OC)CCCCC1. The average Bonchev–Trinajstić information content (AvgIpc) is 3.62. The Labute approximate surface area is 333 Å². The number of aryl methyl sites for hydroxylation is 2. The number of nitrogens with one attached hydrogen (secondary N) is 3. The molecule has 2 unspecified atom stereocenters. The third-order valence-corrected chi connectivity index (χ3v) is 12.4. The maximum atomic E-state index is 13.9. The van der Waals surface area contributed by atoms with Crippen LogP contribution in [0.25, 0.3) is 0 Å². The van der Waals surface area contributed by atoms with Crippen molar-refractivity contribution in [3.05, 3.63) is 62.4 Å². The molecule has 0 spiro atoms. The molecule has 2 aliphatic carbocycles. The lowest BCUT2D eigenvalue weighted by Crippen LogP contribution is -2.50. The molecule has 57 heavy (non-hydrogen) atoms. The lowest BCUT2D eigenvalue weighted by atomic mass is 9.93. The van der Waals surface area contributed by atoms with Gasteiger partial charge < -0.3 is 34.3 Å². The Morgan fingerprint density at radius 3 is 2.33 bits per heavy atom. The van der Waals surface area contributed by atoms with E-state index in [0.29, 0.717) is 5.56 Å². The molecule has 0 radical (unpaired) electrons. The van der Waals surface area contributed by atoms with Crippen LogP contribution in [0.3, 0.4) is 0 Å². The number of hydrogen-bond acceptors (Lipinski definition) is 11. The van der Waals surface area contributed by atoms with Gasteiger partial charge in [-0.1, -0.05) is 43.4 Å². The summed E-state index contributed by atoms with van der Waals surface area (Å²) < 4.78 is 75.0. The molecule has 3 N–H and O–H groups in total. The van der Waals surface area contributed by atoms with Crippen LogP contribution in [-0.2, 0) is 49.8 Å². The summed E-state index contributed by atoms with van der Waals surface area (Å²) in [5.41, 5.74) is 0.0495. The van der Waals surface area contributed by atoms with Crippen molar-refractivity contribution in [3.8, 4) is 0 Å². The molecule has 2 amide bonds. The van der Waals surface area contributed by atoms with Crippen molar-refractivity contribution >= 4 is 21.8 Å². The molecule has 1 saturated heterocycles. The standard InChI is InChI=1S/C39H58FN5O11S/c1-26-14-16-29(17-15-26)57(50,51)43-30(23-40)35(47)42-24-32(46)41-20-11-21-44-36(48)27(2)25-45(38(44)49)33-22-31(56-39(53-4)18-9-6-10-19-39)34(55-33)37(52-3)54-28-12-7-5-8-13-28/h14-17,25,28,30-31,33-34,37,43H,5-13,18-24H2,1-4H3,(H,41,46)(H,42,47)/t30?,31-,33+,34+,37?/m0/s1.